The molecule has 2 fully saturated rings. The molecule has 0 unspecified atom stereocenters. The molecule has 0 bridgehead atoms. The molecule has 34 heavy (non-hydrogen) atoms. The molecular weight excluding hydrogens is 478 g/mol. The van der Waals surface area contributed by atoms with Gasteiger partial charge in [0.15, 0.2) is 5.13 Å². The van der Waals surface area contributed by atoms with Gasteiger partial charge in [0.05, 0.1) is 17.5 Å². The fourth-order valence-electron chi connectivity index (χ4n) is 4.06. The molecule has 1 N–H and O–H groups in total. The van der Waals surface area contributed by atoms with E-state index in [1.54, 1.807) is 27.3 Å². The number of thiazole rings is 1. The van der Waals surface area contributed by atoms with Crippen LogP contribution in [-0.2, 0) is 19.6 Å². The highest BCUT2D eigenvalue weighted by atomic mass is 32.2. The zero-order chi connectivity index (χ0) is 24.3. The first-order valence-corrected chi connectivity index (χ1v) is 13.6. The number of nitrogens with one attached hydrogen (secondary N) is 1. The number of hydrogen-bond acceptors (Lipinski definition) is 8. The number of anilines is 2. The number of piperazine rings is 1. The number of carbonyl (C=O) groups excluding carboxylic acids is 2. The molecule has 0 aliphatic carbocycles. The summed E-state index contributed by atoms with van der Waals surface area (Å²) in [5.41, 5.74) is 0.664. The van der Waals surface area contributed by atoms with E-state index in [1.165, 1.54) is 29.7 Å². The van der Waals surface area contributed by atoms with E-state index in [-0.39, 0.29) is 31.7 Å². The Morgan fingerprint density at radius 2 is 1.91 bits per heavy atom. The van der Waals surface area contributed by atoms with Crippen molar-refractivity contribution in [3.05, 3.63) is 35.8 Å². The maximum absolute atomic E-state index is 13.1. The fraction of sp³-hybridized carbons (Fsp3) is 0.500. The molecule has 2 aliphatic heterocycles. The van der Waals surface area contributed by atoms with Crippen molar-refractivity contribution in [1.29, 1.82) is 0 Å². The van der Waals surface area contributed by atoms with E-state index in [0.717, 1.165) is 0 Å². The highest BCUT2D eigenvalue weighted by Crippen LogP contribution is 2.27. The molecule has 0 radical (unpaired) electrons. The van der Waals surface area contributed by atoms with Crippen LogP contribution < -0.4 is 9.62 Å². The maximum atomic E-state index is 13.1. The van der Waals surface area contributed by atoms with Crippen LogP contribution in [-0.4, -0.2) is 80.6 Å². The Morgan fingerprint density at radius 3 is 2.53 bits per heavy atom. The van der Waals surface area contributed by atoms with E-state index in [2.05, 4.69) is 14.6 Å². The molecular formula is C22H33N5O5S2. The fourth-order valence-corrected chi connectivity index (χ4v) is 5.85. The van der Waals surface area contributed by atoms with Gasteiger partial charge in [-0.2, -0.15) is 0 Å². The summed E-state index contributed by atoms with van der Waals surface area (Å²) < 4.78 is 32.8. The lowest BCUT2D eigenvalue weighted by Gasteiger charge is -2.36. The summed E-state index contributed by atoms with van der Waals surface area (Å²) in [4.78, 5) is 34.9. The monoisotopic (exact) mass is 511 g/mol. The van der Waals surface area contributed by atoms with E-state index in [9.17, 15) is 18.0 Å². The van der Waals surface area contributed by atoms with E-state index in [4.69, 9.17) is 4.74 Å². The van der Waals surface area contributed by atoms with Gasteiger partial charge in [-0.05, 0) is 36.6 Å². The molecule has 1 aromatic heterocycles. The second-order valence-electron chi connectivity index (χ2n) is 8.72. The van der Waals surface area contributed by atoms with Crippen molar-refractivity contribution in [1.82, 2.24) is 14.8 Å². The third-order valence-electron chi connectivity index (χ3n) is 5.84. The molecule has 2 saturated heterocycles. The molecule has 2 aliphatic rings. The second kappa shape index (κ2) is 10.3. The van der Waals surface area contributed by atoms with Crippen molar-refractivity contribution < 1.29 is 25.6 Å². The summed E-state index contributed by atoms with van der Waals surface area (Å²) >= 11 is 1.20. The van der Waals surface area contributed by atoms with Gasteiger partial charge in [-0.15, -0.1) is 11.3 Å². The molecule has 1 aromatic carbocycles. The third kappa shape index (κ3) is 5.50. The second-order valence-corrected chi connectivity index (χ2v) is 11.3. The lowest BCUT2D eigenvalue weighted by Crippen LogP contribution is -2.54. The number of hydrogen-bond donors (Lipinski definition) is 1. The Kier molecular flexibility index (Phi) is 7.39. The molecule has 0 spiro atoms. The molecule has 10 nitrogen and oxygen atoms in total. The number of rotatable bonds is 7. The normalized spacial score (nSPS) is 19.6. The Bertz CT molecular complexity index is 1110. The first kappa shape index (κ1) is 24.4. The van der Waals surface area contributed by atoms with Gasteiger partial charge >= 0.3 is 6.09 Å². The predicted octanol–water partition coefficient (Wildman–Crippen LogP) is 2.95. The van der Waals surface area contributed by atoms with E-state index in [1.807, 2.05) is 13.8 Å². The molecule has 12 heteroatoms. The van der Waals surface area contributed by atoms with Gasteiger partial charge in [0, 0.05) is 52.8 Å². The van der Waals surface area contributed by atoms with Gasteiger partial charge in [0.2, 0.25) is 5.91 Å². The zero-order valence-electron chi connectivity index (χ0n) is 19.2. The van der Waals surface area contributed by atoms with E-state index in [0.29, 0.717) is 56.6 Å². The van der Waals surface area contributed by atoms with Gasteiger partial charge in [0.1, 0.15) is 0 Å². The van der Waals surface area contributed by atoms with Crippen LogP contribution in [0.1, 0.15) is 23.1 Å². The van der Waals surface area contributed by atoms with Gasteiger partial charge in [-0.25, -0.2) is 18.2 Å². The Hall–Kier alpha value is -2.70. The lowest BCUT2D eigenvalue weighted by molar-refractivity contribution is -0.122. The number of sulfonamides is 1. The van der Waals surface area contributed by atoms with Crippen LogP contribution in [0.3, 0.4) is 0 Å². The number of ether oxygens (including phenoxy) is 1. The van der Waals surface area contributed by atoms with Crippen LogP contribution >= 0.6 is 11.3 Å². The average Bonchev–Trinajstić information content (AvgIpc) is 3.47. The Balaban J connectivity index is 0.00000228. The van der Waals surface area contributed by atoms with E-state index < -0.39 is 10.0 Å². The summed E-state index contributed by atoms with van der Waals surface area (Å²) in [7, 11) is -3.74. The van der Waals surface area contributed by atoms with Crippen LogP contribution in [0.2, 0.25) is 0 Å². The minimum atomic E-state index is -3.74. The largest absolute Gasteiger partial charge is 0.449 e. The molecule has 188 valence electrons. The molecule has 1 atom stereocenters. The van der Waals surface area contributed by atoms with Crippen molar-refractivity contribution in [2.45, 2.75) is 31.2 Å². The third-order valence-corrected chi connectivity index (χ3v) is 8.02. The highest BCUT2D eigenvalue weighted by Gasteiger charge is 2.38. The average molecular weight is 512 g/mol. The van der Waals surface area contributed by atoms with Gasteiger partial charge in [-0.1, -0.05) is 13.8 Å². The zero-order valence-corrected chi connectivity index (χ0v) is 20.8. The van der Waals surface area contributed by atoms with Crippen LogP contribution in [0.15, 0.2) is 40.7 Å². The van der Waals surface area contributed by atoms with E-state index >= 15 is 0 Å². The van der Waals surface area contributed by atoms with Crippen LogP contribution in [0, 0.1) is 5.92 Å². The first-order chi connectivity index (χ1) is 16.2. The molecule has 3 heterocycles. The van der Waals surface area contributed by atoms with Gasteiger partial charge < -0.3 is 14.5 Å². The quantitative estimate of drug-likeness (QED) is 0.608. The summed E-state index contributed by atoms with van der Waals surface area (Å²) in [6.45, 7) is 7.23. The minimum Gasteiger partial charge on any atom is -0.449 e. The number of carbonyl (C=O) groups is 2. The Labute approximate surface area is 206 Å². The minimum absolute atomic E-state index is 0. The smallest absolute Gasteiger partial charge is 0.409 e. The number of amides is 2. The van der Waals surface area contributed by atoms with Crippen LogP contribution in [0.25, 0.3) is 0 Å². The van der Waals surface area contributed by atoms with Gasteiger partial charge in [-0.3, -0.25) is 14.4 Å². The topological polar surface area (TPSA) is 112 Å². The standard InChI is InChI=1S/C22H29N5O5S2.2H2/c1-16(2)15-32-22(29)26-12-10-25(11-13-26)19-7-9-27(20(19)28)17-3-5-18(6-4-17)34(30,31)24-21-23-8-14-33-21;;/h3-6,8,14,16,19H,7,9-13,15H2,1-2H3,(H,23,24);2*1H/t19-;;/m0../s1. The number of benzene rings is 1. The van der Waals surface area contributed by atoms with Crippen molar-refractivity contribution in [3.8, 4) is 0 Å². The van der Waals surface area contributed by atoms with Crippen molar-refractivity contribution in [2.75, 3.05) is 49.0 Å². The first-order valence-electron chi connectivity index (χ1n) is 11.2. The number of aromatic nitrogens is 1. The summed E-state index contributed by atoms with van der Waals surface area (Å²) in [5.74, 6) is 0.281. The van der Waals surface area contributed by atoms with Crippen molar-refractivity contribution >= 4 is 44.2 Å². The molecule has 2 aromatic rings. The molecule has 2 amide bonds. The highest BCUT2D eigenvalue weighted by molar-refractivity contribution is 7.93. The summed E-state index contributed by atoms with van der Waals surface area (Å²) in [6.07, 6.45) is 1.91. The Morgan fingerprint density at radius 1 is 1.21 bits per heavy atom. The maximum Gasteiger partial charge on any atom is 0.409 e. The lowest BCUT2D eigenvalue weighted by atomic mass is 10.2. The van der Waals surface area contributed by atoms with Gasteiger partial charge in [0.25, 0.3) is 10.0 Å². The van der Waals surface area contributed by atoms with Crippen molar-refractivity contribution in [3.63, 3.8) is 0 Å². The van der Waals surface area contributed by atoms with Crippen molar-refractivity contribution in [2.24, 2.45) is 5.92 Å². The molecule has 4 rings (SSSR count). The summed E-state index contributed by atoms with van der Waals surface area (Å²) in [6, 6.07) is 6.04. The SMILES string of the molecule is CC(C)COC(=O)N1CCN([C@H]2CCN(c3ccc(S(=O)(=O)Nc4nccs4)cc3)C2=O)CC1.[HH].[HH]. The predicted molar refractivity (Wildman–Crippen MR) is 134 cm³/mol. The molecule has 0 saturated carbocycles. The number of nitrogens with zero attached hydrogens (tertiary/aromatic N) is 4. The van der Waals surface area contributed by atoms with Crippen LogP contribution in [0.4, 0.5) is 15.6 Å². The summed E-state index contributed by atoms with van der Waals surface area (Å²) in [5, 5.41) is 1.99. The van der Waals surface area contributed by atoms with Crippen LogP contribution in [0.5, 0.6) is 0 Å².